The summed E-state index contributed by atoms with van der Waals surface area (Å²) in [5.74, 6) is 0. The predicted molar refractivity (Wildman–Crippen MR) is 89.3 cm³/mol. The van der Waals surface area contributed by atoms with Crippen LogP contribution < -0.4 is 0 Å². The summed E-state index contributed by atoms with van der Waals surface area (Å²) in [7, 11) is 0. The third-order valence-corrected chi connectivity index (χ3v) is 4.96. The van der Waals surface area contributed by atoms with Crippen molar-refractivity contribution >= 4 is 34.5 Å². The SMILES string of the molecule is N#CCC1=C(CC#N)c2cc(Cl)ccc2Sc2ccccc21. The molecule has 1 aliphatic rings. The maximum Gasteiger partial charge on any atom is 0.0670 e. The Morgan fingerprint density at radius 2 is 1.50 bits per heavy atom. The van der Waals surface area contributed by atoms with E-state index in [0.717, 1.165) is 32.1 Å². The summed E-state index contributed by atoms with van der Waals surface area (Å²) in [6, 6.07) is 18.2. The lowest BCUT2D eigenvalue weighted by molar-refractivity contribution is 1.27. The Kier molecular flexibility index (Phi) is 4.20. The normalized spacial score (nSPS) is 12.7. The van der Waals surface area contributed by atoms with E-state index in [9.17, 15) is 10.5 Å². The van der Waals surface area contributed by atoms with Gasteiger partial charge in [-0.2, -0.15) is 10.5 Å². The highest BCUT2D eigenvalue weighted by Crippen LogP contribution is 2.46. The van der Waals surface area contributed by atoms with E-state index >= 15 is 0 Å². The Balaban J connectivity index is 2.36. The van der Waals surface area contributed by atoms with Gasteiger partial charge in [0.1, 0.15) is 0 Å². The van der Waals surface area contributed by atoms with E-state index < -0.39 is 0 Å². The van der Waals surface area contributed by atoms with Crippen molar-refractivity contribution in [2.24, 2.45) is 0 Å². The summed E-state index contributed by atoms with van der Waals surface area (Å²) in [6.45, 7) is 0. The molecule has 0 radical (unpaired) electrons. The molecule has 3 rings (SSSR count). The van der Waals surface area contributed by atoms with Crippen LogP contribution in [0.5, 0.6) is 0 Å². The molecule has 2 aromatic rings. The van der Waals surface area contributed by atoms with Crippen molar-refractivity contribution in [1.82, 2.24) is 0 Å². The average molecular weight is 323 g/mol. The summed E-state index contributed by atoms with van der Waals surface area (Å²) in [5, 5.41) is 19.1. The van der Waals surface area contributed by atoms with E-state index in [0.29, 0.717) is 5.02 Å². The fraction of sp³-hybridized carbons (Fsp3) is 0.111. The number of halogens is 1. The minimum absolute atomic E-state index is 0.263. The molecule has 0 spiro atoms. The molecule has 22 heavy (non-hydrogen) atoms. The lowest BCUT2D eigenvalue weighted by Gasteiger charge is -2.11. The van der Waals surface area contributed by atoms with Crippen molar-refractivity contribution in [3.05, 3.63) is 58.6 Å². The molecular formula is C18H11ClN2S. The molecule has 2 nitrogen and oxygen atoms in total. The molecule has 0 fully saturated rings. The molecule has 0 saturated heterocycles. The zero-order valence-corrected chi connectivity index (χ0v) is 13.2. The van der Waals surface area contributed by atoms with Gasteiger partial charge in [0.25, 0.3) is 0 Å². The predicted octanol–water partition coefficient (Wildman–Crippen LogP) is 5.54. The highest BCUT2D eigenvalue weighted by atomic mass is 35.5. The number of nitrogens with zero attached hydrogens (tertiary/aromatic N) is 2. The number of allylic oxidation sites excluding steroid dienone is 2. The van der Waals surface area contributed by atoms with Gasteiger partial charge in [0.15, 0.2) is 0 Å². The van der Waals surface area contributed by atoms with Gasteiger partial charge in [-0.3, -0.25) is 0 Å². The molecule has 0 aromatic heterocycles. The third-order valence-electron chi connectivity index (χ3n) is 3.57. The Morgan fingerprint density at radius 3 is 2.23 bits per heavy atom. The molecule has 0 unspecified atom stereocenters. The Morgan fingerprint density at radius 1 is 0.864 bits per heavy atom. The van der Waals surface area contributed by atoms with Crippen LogP contribution in [0.2, 0.25) is 5.02 Å². The third kappa shape index (κ3) is 2.62. The lowest BCUT2D eigenvalue weighted by atomic mass is 9.91. The molecule has 2 aromatic carbocycles. The first-order valence-electron chi connectivity index (χ1n) is 6.77. The Bertz CT molecular complexity index is 856. The number of rotatable bonds is 2. The summed E-state index contributed by atoms with van der Waals surface area (Å²) >= 11 is 7.80. The molecule has 0 amide bonds. The van der Waals surface area contributed by atoms with Gasteiger partial charge >= 0.3 is 0 Å². The first kappa shape index (κ1) is 14.7. The highest BCUT2D eigenvalue weighted by molar-refractivity contribution is 7.99. The van der Waals surface area contributed by atoms with Crippen molar-refractivity contribution in [3.63, 3.8) is 0 Å². The molecule has 0 saturated carbocycles. The average Bonchev–Trinajstić information content (AvgIpc) is 2.64. The van der Waals surface area contributed by atoms with Crippen LogP contribution in [-0.2, 0) is 0 Å². The van der Waals surface area contributed by atoms with E-state index in [1.807, 2.05) is 42.5 Å². The van der Waals surface area contributed by atoms with Crippen LogP contribution in [0.3, 0.4) is 0 Å². The second kappa shape index (κ2) is 6.28. The summed E-state index contributed by atoms with van der Waals surface area (Å²) < 4.78 is 0. The van der Waals surface area contributed by atoms with Gasteiger partial charge in [-0.25, -0.2) is 0 Å². The monoisotopic (exact) mass is 322 g/mol. The van der Waals surface area contributed by atoms with Gasteiger partial charge in [-0.1, -0.05) is 41.6 Å². The van der Waals surface area contributed by atoms with E-state index in [1.165, 1.54) is 0 Å². The maximum absolute atomic E-state index is 9.23. The molecule has 0 atom stereocenters. The summed E-state index contributed by atoms with van der Waals surface area (Å²) in [6.07, 6.45) is 0.541. The van der Waals surface area contributed by atoms with Gasteiger partial charge in [0.2, 0.25) is 0 Å². The van der Waals surface area contributed by atoms with E-state index in [-0.39, 0.29) is 12.8 Å². The number of nitriles is 2. The number of benzene rings is 2. The van der Waals surface area contributed by atoms with Crippen LogP contribution in [0, 0.1) is 22.7 Å². The van der Waals surface area contributed by atoms with Crippen LogP contribution in [0.1, 0.15) is 24.0 Å². The van der Waals surface area contributed by atoms with Gasteiger partial charge in [-0.05, 0) is 46.5 Å². The number of fused-ring (bicyclic) bond motifs is 2. The van der Waals surface area contributed by atoms with E-state index in [1.54, 1.807) is 11.8 Å². The summed E-state index contributed by atoms with van der Waals surface area (Å²) in [4.78, 5) is 2.17. The molecule has 1 aliphatic heterocycles. The van der Waals surface area contributed by atoms with Gasteiger partial charge in [-0.15, -0.1) is 0 Å². The smallest absolute Gasteiger partial charge is 0.0670 e. The van der Waals surface area contributed by atoms with E-state index in [4.69, 9.17) is 11.6 Å². The van der Waals surface area contributed by atoms with Crippen LogP contribution in [0.4, 0.5) is 0 Å². The quantitative estimate of drug-likeness (QED) is 0.729. The molecule has 1 heterocycles. The second-order valence-corrected chi connectivity index (χ2v) is 6.39. The van der Waals surface area contributed by atoms with Crippen LogP contribution in [0.25, 0.3) is 11.1 Å². The topological polar surface area (TPSA) is 47.6 Å². The number of hydrogen-bond acceptors (Lipinski definition) is 3. The molecule has 0 N–H and O–H groups in total. The fourth-order valence-electron chi connectivity index (χ4n) is 2.64. The number of hydrogen-bond donors (Lipinski definition) is 0. The molecule has 106 valence electrons. The second-order valence-electron chi connectivity index (χ2n) is 4.87. The molecule has 4 heteroatoms. The van der Waals surface area contributed by atoms with Crippen LogP contribution in [-0.4, -0.2) is 0 Å². The minimum Gasteiger partial charge on any atom is -0.198 e. The van der Waals surface area contributed by atoms with Crippen molar-refractivity contribution < 1.29 is 0 Å². The van der Waals surface area contributed by atoms with Gasteiger partial charge < -0.3 is 0 Å². The Labute approximate surface area is 138 Å². The van der Waals surface area contributed by atoms with Crippen LogP contribution >= 0.6 is 23.4 Å². The zero-order chi connectivity index (χ0) is 15.5. The molecule has 0 aliphatic carbocycles. The van der Waals surface area contributed by atoms with Gasteiger partial charge in [0, 0.05) is 14.8 Å². The Hall–Kier alpha value is -2.20. The molecular weight excluding hydrogens is 312 g/mol. The highest BCUT2D eigenvalue weighted by Gasteiger charge is 2.22. The van der Waals surface area contributed by atoms with Crippen LogP contribution in [0.15, 0.2) is 52.3 Å². The van der Waals surface area contributed by atoms with Crippen molar-refractivity contribution in [2.75, 3.05) is 0 Å². The fourth-order valence-corrected chi connectivity index (χ4v) is 3.92. The maximum atomic E-state index is 9.23. The zero-order valence-electron chi connectivity index (χ0n) is 11.6. The van der Waals surface area contributed by atoms with Crippen molar-refractivity contribution in [1.29, 1.82) is 10.5 Å². The summed E-state index contributed by atoms with van der Waals surface area (Å²) in [5.41, 5.74) is 3.82. The van der Waals surface area contributed by atoms with Gasteiger partial charge in [0.05, 0.1) is 25.0 Å². The van der Waals surface area contributed by atoms with Crippen molar-refractivity contribution in [2.45, 2.75) is 22.6 Å². The lowest BCUT2D eigenvalue weighted by Crippen LogP contribution is -1.92. The minimum atomic E-state index is 0.263. The standard InChI is InChI=1S/C18H11ClN2S/c19-12-5-6-18-16(11-12)14(8-10-21)13(7-9-20)15-3-1-2-4-17(15)22-18/h1-6,11H,7-8H2. The van der Waals surface area contributed by atoms with E-state index in [2.05, 4.69) is 12.1 Å². The van der Waals surface area contributed by atoms with Crippen molar-refractivity contribution in [3.8, 4) is 12.1 Å². The first-order valence-corrected chi connectivity index (χ1v) is 7.97. The largest absolute Gasteiger partial charge is 0.198 e. The molecule has 0 bridgehead atoms. The first-order chi connectivity index (χ1) is 10.7.